The first-order valence-corrected chi connectivity index (χ1v) is 16.3. The predicted molar refractivity (Wildman–Crippen MR) is 177 cm³/mol. The van der Waals surface area contributed by atoms with E-state index in [-0.39, 0.29) is 22.4 Å². The molecule has 0 unspecified atom stereocenters. The normalized spacial score (nSPS) is 19.6. The second-order valence-electron chi connectivity index (χ2n) is 14.0. The average Bonchev–Trinajstić information content (AvgIpc) is 2.93. The summed E-state index contributed by atoms with van der Waals surface area (Å²) in [4.78, 5) is 30.7. The zero-order valence-electron chi connectivity index (χ0n) is 27.1. The lowest BCUT2D eigenvalue weighted by Crippen LogP contribution is -2.44. The number of hydrogen-bond acceptors (Lipinski definition) is 5. The van der Waals surface area contributed by atoms with Gasteiger partial charge in [0.1, 0.15) is 6.61 Å². The van der Waals surface area contributed by atoms with Crippen molar-refractivity contribution in [1.29, 1.82) is 0 Å². The fourth-order valence-corrected chi connectivity index (χ4v) is 7.32. The number of hydrogen-bond donors (Lipinski definition) is 0. The lowest BCUT2D eigenvalue weighted by Gasteiger charge is -2.49. The largest absolute Gasteiger partial charge is 0.490 e. The first-order valence-electron chi connectivity index (χ1n) is 16.0. The predicted octanol–water partition coefficient (Wildman–Crippen LogP) is 9.14. The summed E-state index contributed by atoms with van der Waals surface area (Å²) in [6.45, 7) is 18.4. The minimum Gasteiger partial charge on any atom is -0.490 e. The number of ketones is 2. The molecule has 0 saturated carbocycles. The van der Waals surface area contributed by atoms with Gasteiger partial charge in [-0.15, -0.1) is 6.58 Å². The Morgan fingerprint density at radius 1 is 0.909 bits per heavy atom. The molecule has 0 saturated heterocycles. The Balaban J connectivity index is 1.71. The molecule has 44 heavy (non-hydrogen) atoms. The highest BCUT2D eigenvalue weighted by atomic mass is 35.5. The van der Waals surface area contributed by atoms with Crippen molar-refractivity contribution in [3.05, 3.63) is 93.3 Å². The molecular weight excluding hydrogens is 570 g/mol. The van der Waals surface area contributed by atoms with Crippen LogP contribution in [0, 0.1) is 10.8 Å². The van der Waals surface area contributed by atoms with E-state index in [0.29, 0.717) is 49.0 Å². The SMILES string of the molecule is C=CCc1cc(C2C3=C(CC(C)(C)CC3=O)N(CCC)C3=C2C(=O)CC(C)(C)C3)cc(OCC)c1OCc1ccc(Cl)cc1. The van der Waals surface area contributed by atoms with Crippen LogP contribution in [0.3, 0.4) is 0 Å². The molecule has 1 heterocycles. The molecule has 0 radical (unpaired) electrons. The van der Waals surface area contributed by atoms with E-state index in [2.05, 4.69) is 52.2 Å². The highest BCUT2D eigenvalue weighted by Gasteiger charge is 2.49. The second-order valence-corrected chi connectivity index (χ2v) is 14.5. The van der Waals surface area contributed by atoms with E-state index in [1.807, 2.05) is 43.3 Å². The van der Waals surface area contributed by atoms with Crippen LogP contribution in [0.4, 0.5) is 0 Å². The van der Waals surface area contributed by atoms with Gasteiger partial charge in [0.05, 0.1) is 6.61 Å². The van der Waals surface area contributed by atoms with Gasteiger partial charge in [-0.25, -0.2) is 0 Å². The first-order chi connectivity index (χ1) is 20.9. The monoisotopic (exact) mass is 615 g/mol. The Hall–Kier alpha value is -3.31. The van der Waals surface area contributed by atoms with Gasteiger partial charge in [-0.1, -0.05) is 70.5 Å². The third-order valence-corrected chi connectivity index (χ3v) is 9.17. The zero-order valence-corrected chi connectivity index (χ0v) is 27.9. The van der Waals surface area contributed by atoms with Crippen LogP contribution in [0.2, 0.25) is 5.02 Å². The van der Waals surface area contributed by atoms with Crippen molar-refractivity contribution < 1.29 is 19.1 Å². The van der Waals surface area contributed by atoms with Gasteiger partial charge in [0, 0.05) is 58.4 Å². The molecule has 1 aliphatic heterocycles. The Labute approximate surface area is 268 Å². The molecule has 5 nitrogen and oxygen atoms in total. The molecule has 234 valence electrons. The van der Waals surface area contributed by atoms with Crippen LogP contribution in [-0.4, -0.2) is 29.6 Å². The molecule has 0 bridgehead atoms. The topological polar surface area (TPSA) is 55.8 Å². The molecule has 0 amide bonds. The highest BCUT2D eigenvalue weighted by Crippen LogP contribution is 2.55. The van der Waals surface area contributed by atoms with Crippen LogP contribution in [0.5, 0.6) is 11.5 Å². The number of nitrogens with zero attached hydrogens (tertiary/aromatic N) is 1. The maximum absolute atomic E-state index is 14.2. The van der Waals surface area contributed by atoms with Gasteiger partial charge in [0.25, 0.3) is 0 Å². The van der Waals surface area contributed by atoms with E-state index in [1.54, 1.807) is 0 Å². The molecule has 2 aliphatic carbocycles. The van der Waals surface area contributed by atoms with E-state index >= 15 is 0 Å². The summed E-state index contributed by atoms with van der Waals surface area (Å²) < 4.78 is 12.6. The summed E-state index contributed by atoms with van der Waals surface area (Å²) in [6.07, 6.45) is 5.87. The third-order valence-electron chi connectivity index (χ3n) is 8.92. The van der Waals surface area contributed by atoms with Crippen molar-refractivity contribution in [3.63, 3.8) is 0 Å². The molecule has 2 aromatic carbocycles. The molecule has 6 heteroatoms. The number of Topliss-reactive ketones (excluding diaryl/α,β-unsaturated/α-hetero) is 2. The maximum atomic E-state index is 14.2. The van der Waals surface area contributed by atoms with E-state index < -0.39 is 5.92 Å². The van der Waals surface area contributed by atoms with Gasteiger partial charge in [-0.05, 0) is 72.8 Å². The van der Waals surface area contributed by atoms with Gasteiger partial charge in [-0.3, -0.25) is 9.59 Å². The quantitative estimate of drug-likeness (QED) is 0.249. The molecule has 0 atom stereocenters. The molecule has 0 fully saturated rings. The van der Waals surface area contributed by atoms with Gasteiger partial charge in [0.15, 0.2) is 23.1 Å². The van der Waals surface area contributed by atoms with E-state index in [0.717, 1.165) is 65.0 Å². The molecule has 3 aliphatic rings. The summed E-state index contributed by atoms with van der Waals surface area (Å²) in [5.74, 6) is 1.11. The molecule has 0 aromatic heterocycles. The van der Waals surface area contributed by atoms with Gasteiger partial charge < -0.3 is 14.4 Å². The van der Waals surface area contributed by atoms with Crippen LogP contribution >= 0.6 is 11.6 Å². The van der Waals surface area contributed by atoms with Crippen LogP contribution in [0.25, 0.3) is 0 Å². The number of benzene rings is 2. The summed E-state index contributed by atoms with van der Waals surface area (Å²) in [5.41, 5.74) is 6.26. The lowest BCUT2D eigenvalue weighted by molar-refractivity contribution is -0.119. The minimum atomic E-state index is -0.437. The number of allylic oxidation sites excluding steroid dienone is 5. The molecule has 2 aromatic rings. The Morgan fingerprint density at radius 2 is 1.50 bits per heavy atom. The van der Waals surface area contributed by atoms with Gasteiger partial charge in [0.2, 0.25) is 0 Å². The van der Waals surface area contributed by atoms with E-state index in [4.69, 9.17) is 21.1 Å². The lowest BCUT2D eigenvalue weighted by atomic mass is 9.63. The fraction of sp³-hybridized carbons (Fsp3) is 0.474. The number of rotatable bonds is 10. The first kappa shape index (κ1) is 32.1. The highest BCUT2D eigenvalue weighted by molar-refractivity contribution is 6.30. The smallest absolute Gasteiger partial charge is 0.165 e. The number of carbonyl (C=O) groups excluding carboxylic acids is 2. The minimum absolute atomic E-state index is 0.137. The Kier molecular flexibility index (Phi) is 9.18. The molecule has 0 spiro atoms. The fourth-order valence-electron chi connectivity index (χ4n) is 7.19. The van der Waals surface area contributed by atoms with Crippen LogP contribution in [-0.2, 0) is 22.6 Å². The summed E-state index contributed by atoms with van der Waals surface area (Å²) in [7, 11) is 0. The number of ether oxygens (including phenoxy) is 2. The average molecular weight is 616 g/mol. The van der Waals surface area contributed by atoms with Crippen molar-refractivity contribution in [2.75, 3.05) is 13.2 Å². The van der Waals surface area contributed by atoms with Crippen molar-refractivity contribution in [1.82, 2.24) is 4.90 Å². The van der Waals surface area contributed by atoms with Crippen LogP contribution in [0.1, 0.15) is 96.3 Å². The van der Waals surface area contributed by atoms with Crippen molar-refractivity contribution in [3.8, 4) is 11.5 Å². The summed E-state index contributed by atoms with van der Waals surface area (Å²) in [6, 6.07) is 11.7. The molecular formula is C38H46ClNO4. The van der Waals surface area contributed by atoms with E-state index in [9.17, 15) is 9.59 Å². The van der Waals surface area contributed by atoms with Crippen molar-refractivity contribution in [2.24, 2.45) is 10.8 Å². The van der Waals surface area contributed by atoms with E-state index in [1.165, 1.54) is 0 Å². The summed E-state index contributed by atoms with van der Waals surface area (Å²) in [5, 5.41) is 0.675. The standard InChI is InChI=1S/C38H46ClNO4/c1-8-11-25-17-26(18-32(43-10-3)36(25)44-23-24-12-14-27(39)15-13-24)33-34-28(19-37(4,5)21-30(34)41)40(16-9-2)29-20-38(6,7)22-31(42)35(29)33/h8,12-15,17-18,33H,1,9-11,16,19-23H2,2-7H3. The van der Waals surface area contributed by atoms with Gasteiger partial charge in [-0.2, -0.15) is 0 Å². The Morgan fingerprint density at radius 3 is 2.02 bits per heavy atom. The maximum Gasteiger partial charge on any atom is 0.165 e. The van der Waals surface area contributed by atoms with Crippen LogP contribution in [0.15, 0.2) is 71.6 Å². The summed E-state index contributed by atoms with van der Waals surface area (Å²) >= 11 is 6.10. The zero-order chi connectivity index (χ0) is 31.8. The van der Waals surface area contributed by atoms with Gasteiger partial charge >= 0.3 is 0 Å². The molecule has 5 rings (SSSR count). The molecule has 0 N–H and O–H groups in total. The second kappa shape index (κ2) is 12.6. The van der Waals surface area contributed by atoms with Crippen molar-refractivity contribution >= 4 is 23.2 Å². The number of carbonyl (C=O) groups is 2. The van der Waals surface area contributed by atoms with Crippen LogP contribution < -0.4 is 9.47 Å². The number of halogens is 1. The van der Waals surface area contributed by atoms with Crippen molar-refractivity contribution in [2.45, 2.75) is 92.6 Å². The third kappa shape index (κ3) is 6.40. The Bertz CT molecular complexity index is 1470.